The van der Waals surface area contributed by atoms with Crippen LogP contribution >= 0.6 is 0 Å². The number of rotatable bonds is 4. The van der Waals surface area contributed by atoms with Crippen LogP contribution in [-0.4, -0.2) is 36.5 Å². The molecule has 14 heavy (non-hydrogen) atoms. The van der Waals surface area contributed by atoms with E-state index < -0.39 is 6.04 Å². The van der Waals surface area contributed by atoms with Crippen molar-refractivity contribution in [2.45, 2.75) is 6.04 Å². The fourth-order valence-corrected chi connectivity index (χ4v) is 1.21. The summed E-state index contributed by atoms with van der Waals surface area (Å²) in [6, 6.07) is 5.63. The summed E-state index contributed by atoms with van der Waals surface area (Å²) in [5, 5.41) is 17.9. The summed E-state index contributed by atoms with van der Waals surface area (Å²) in [5.41, 5.74) is 0.637. The van der Waals surface area contributed by atoms with Crippen molar-refractivity contribution in [2.75, 3.05) is 25.2 Å². The van der Waals surface area contributed by atoms with E-state index in [1.165, 1.54) is 12.1 Å². The Labute approximate surface area is 82.4 Å². The summed E-state index contributed by atoms with van der Waals surface area (Å²) in [5.74, 6) is -0.330. The van der Waals surface area contributed by atoms with E-state index in [1.54, 1.807) is 24.1 Å². The number of hydrogen-bond donors (Lipinski definition) is 2. The highest BCUT2D eigenvalue weighted by molar-refractivity contribution is 5.46. The van der Waals surface area contributed by atoms with Crippen molar-refractivity contribution >= 4 is 5.69 Å². The van der Waals surface area contributed by atoms with Crippen molar-refractivity contribution in [3.63, 3.8) is 0 Å². The standard InChI is InChI=1S/C10H14FNO2/c1-12(10(6-13)7-14)9-4-2-3-8(11)5-9/h2-5,10,13-14H,6-7H2,1H3. The molecule has 4 heteroatoms. The van der Waals surface area contributed by atoms with Gasteiger partial charge in [-0.3, -0.25) is 0 Å². The van der Waals surface area contributed by atoms with Gasteiger partial charge in [-0.2, -0.15) is 0 Å². The molecule has 1 aromatic carbocycles. The van der Waals surface area contributed by atoms with E-state index in [1.807, 2.05) is 0 Å². The maximum Gasteiger partial charge on any atom is 0.125 e. The third kappa shape index (κ3) is 2.43. The first-order valence-corrected chi connectivity index (χ1v) is 4.39. The Hall–Kier alpha value is -1.13. The molecule has 0 aliphatic carbocycles. The van der Waals surface area contributed by atoms with Gasteiger partial charge >= 0.3 is 0 Å². The molecule has 0 fully saturated rings. The number of benzene rings is 1. The van der Waals surface area contributed by atoms with Crippen LogP contribution in [0.25, 0.3) is 0 Å². The third-order valence-corrected chi connectivity index (χ3v) is 2.18. The number of aliphatic hydroxyl groups is 2. The molecule has 1 rings (SSSR count). The van der Waals surface area contributed by atoms with E-state index in [4.69, 9.17) is 10.2 Å². The Kier molecular flexibility index (Phi) is 3.85. The lowest BCUT2D eigenvalue weighted by Crippen LogP contribution is -2.37. The van der Waals surface area contributed by atoms with Crippen LogP contribution in [0.1, 0.15) is 0 Å². The zero-order chi connectivity index (χ0) is 10.6. The molecular formula is C10H14FNO2. The second kappa shape index (κ2) is 4.93. The van der Waals surface area contributed by atoms with Crippen molar-refractivity contribution in [2.24, 2.45) is 0 Å². The summed E-state index contributed by atoms with van der Waals surface area (Å²) in [6.07, 6.45) is 0. The smallest absolute Gasteiger partial charge is 0.125 e. The predicted octanol–water partition coefficient (Wildman–Crippen LogP) is 0.615. The van der Waals surface area contributed by atoms with Gasteiger partial charge in [0, 0.05) is 12.7 Å². The van der Waals surface area contributed by atoms with Crippen LogP contribution < -0.4 is 4.90 Å². The van der Waals surface area contributed by atoms with Crippen molar-refractivity contribution in [3.05, 3.63) is 30.1 Å². The number of halogens is 1. The molecule has 0 bridgehead atoms. The molecular weight excluding hydrogens is 185 g/mol. The fourth-order valence-electron chi connectivity index (χ4n) is 1.21. The second-order valence-corrected chi connectivity index (χ2v) is 3.11. The van der Waals surface area contributed by atoms with Gasteiger partial charge in [0.15, 0.2) is 0 Å². The van der Waals surface area contributed by atoms with E-state index >= 15 is 0 Å². The molecule has 0 atom stereocenters. The average molecular weight is 199 g/mol. The predicted molar refractivity (Wildman–Crippen MR) is 52.8 cm³/mol. The molecule has 78 valence electrons. The highest BCUT2D eigenvalue weighted by Gasteiger charge is 2.13. The SMILES string of the molecule is CN(c1cccc(F)c1)C(CO)CO. The number of anilines is 1. The van der Waals surface area contributed by atoms with Gasteiger partial charge in [0.1, 0.15) is 5.82 Å². The van der Waals surface area contributed by atoms with Gasteiger partial charge in [0.2, 0.25) is 0 Å². The van der Waals surface area contributed by atoms with E-state index in [0.29, 0.717) is 5.69 Å². The molecule has 1 aromatic rings. The normalized spacial score (nSPS) is 10.6. The molecule has 0 saturated carbocycles. The maximum atomic E-state index is 12.8. The van der Waals surface area contributed by atoms with E-state index in [9.17, 15) is 4.39 Å². The van der Waals surface area contributed by atoms with Gasteiger partial charge in [0.25, 0.3) is 0 Å². The minimum Gasteiger partial charge on any atom is -0.394 e. The monoisotopic (exact) mass is 199 g/mol. The first kappa shape index (κ1) is 10.9. The van der Waals surface area contributed by atoms with Crippen LogP contribution in [0.5, 0.6) is 0 Å². The van der Waals surface area contributed by atoms with Gasteiger partial charge in [-0.15, -0.1) is 0 Å². The molecule has 0 heterocycles. The maximum absolute atomic E-state index is 12.8. The quantitative estimate of drug-likeness (QED) is 0.747. The van der Waals surface area contributed by atoms with Crippen LogP contribution in [0.2, 0.25) is 0 Å². The molecule has 3 nitrogen and oxygen atoms in total. The largest absolute Gasteiger partial charge is 0.394 e. The zero-order valence-electron chi connectivity index (χ0n) is 8.02. The summed E-state index contributed by atoms with van der Waals surface area (Å²) >= 11 is 0. The van der Waals surface area contributed by atoms with Crippen LogP contribution in [-0.2, 0) is 0 Å². The first-order valence-electron chi connectivity index (χ1n) is 4.39. The molecule has 0 aromatic heterocycles. The van der Waals surface area contributed by atoms with Gasteiger partial charge in [-0.1, -0.05) is 6.07 Å². The highest BCUT2D eigenvalue weighted by Crippen LogP contribution is 2.15. The molecule has 0 radical (unpaired) electrons. The minimum absolute atomic E-state index is 0.163. The second-order valence-electron chi connectivity index (χ2n) is 3.11. The van der Waals surface area contributed by atoms with E-state index in [0.717, 1.165) is 0 Å². The number of aliphatic hydroxyl groups excluding tert-OH is 2. The van der Waals surface area contributed by atoms with Crippen LogP contribution in [0, 0.1) is 5.82 Å². The molecule has 0 saturated heterocycles. The van der Waals surface area contributed by atoms with Crippen LogP contribution in [0.15, 0.2) is 24.3 Å². The fraction of sp³-hybridized carbons (Fsp3) is 0.400. The van der Waals surface area contributed by atoms with Crippen molar-refractivity contribution in [1.82, 2.24) is 0 Å². The Morgan fingerprint density at radius 3 is 2.50 bits per heavy atom. The first-order chi connectivity index (χ1) is 6.69. The lowest BCUT2D eigenvalue weighted by molar-refractivity contribution is 0.190. The van der Waals surface area contributed by atoms with Crippen LogP contribution in [0.4, 0.5) is 10.1 Å². The number of nitrogens with zero attached hydrogens (tertiary/aromatic N) is 1. The summed E-state index contributed by atoms with van der Waals surface area (Å²) in [7, 11) is 1.70. The van der Waals surface area contributed by atoms with E-state index in [-0.39, 0.29) is 19.0 Å². The molecule has 0 aliphatic rings. The van der Waals surface area contributed by atoms with Gasteiger partial charge in [0.05, 0.1) is 19.3 Å². The average Bonchev–Trinajstić information content (AvgIpc) is 2.19. The third-order valence-electron chi connectivity index (χ3n) is 2.18. The van der Waals surface area contributed by atoms with Gasteiger partial charge in [-0.05, 0) is 18.2 Å². The minimum atomic E-state index is -0.392. The Morgan fingerprint density at radius 1 is 1.36 bits per heavy atom. The van der Waals surface area contributed by atoms with Crippen molar-refractivity contribution in [1.29, 1.82) is 0 Å². The van der Waals surface area contributed by atoms with Gasteiger partial charge < -0.3 is 15.1 Å². The van der Waals surface area contributed by atoms with Crippen molar-refractivity contribution in [3.8, 4) is 0 Å². The lowest BCUT2D eigenvalue weighted by atomic mass is 10.2. The topological polar surface area (TPSA) is 43.7 Å². The Balaban J connectivity index is 2.82. The number of likely N-dealkylation sites (N-methyl/N-ethyl adjacent to an activating group) is 1. The van der Waals surface area contributed by atoms with Gasteiger partial charge in [-0.25, -0.2) is 4.39 Å². The summed E-state index contributed by atoms with van der Waals surface area (Å²) in [6.45, 7) is -0.326. The Morgan fingerprint density at radius 2 is 2.00 bits per heavy atom. The lowest BCUT2D eigenvalue weighted by Gasteiger charge is -2.26. The molecule has 0 amide bonds. The number of hydrogen-bond acceptors (Lipinski definition) is 3. The zero-order valence-corrected chi connectivity index (χ0v) is 8.02. The molecule has 0 aliphatic heterocycles. The van der Waals surface area contributed by atoms with Crippen molar-refractivity contribution < 1.29 is 14.6 Å². The highest BCUT2D eigenvalue weighted by atomic mass is 19.1. The van der Waals surface area contributed by atoms with Crippen LogP contribution in [0.3, 0.4) is 0 Å². The summed E-state index contributed by atoms with van der Waals surface area (Å²) in [4.78, 5) is 1.64. The summed E-state index contributed by atoms with van der Waals surface area (Å²) < 4.78 is 12.8. The Bertz CT molecular complexity index is 289. The molecule has 0 spiro atoms. The molecule has 0 unspecified atom stereocenters. The van der Waals surface area contributed by atoms with E-state index in [2.05, 4.69) is 0 Å². The molecule has 2 N–H and O–H groups in total.